The Balaban J connectivity index is -0.0000000800. The molecule has 34 valence electrons. The van der Waals surface area contributed by atoms with Gasteiger partial charge >= 0.3 is 29.6 Å². The second-order valence-corrected chi connectivity index (χ2v) is 4.10. The van der Waals surface area contributed by atoms with Crippen LogP contribution in [0.1, 0.15) is 22.2 Å². The first-order chi connectivity index (χ1) is 2.00. The molecular formula is C4H12NaP. The van der Waals surface area contributed by atoms with Gasteiger partial charge in [0.1, 0.15) is 0 Å². The van der Waals surface area contributed by atoms with Crippen LogP contribution in [0.3, 0.4) is 0 Å². The molecule has 0 saturated heterocycles. The summed E-state index contributed by atoms with van der Waals surface area (Å²) in [6.45, 7) is 6.45. The summed E-state index contributed by atoms with van der Waals surface area (Å²) in [5, 5.41) is 0.417. The second-order valence-electron chi connectivity index (χ2n) is 2.37. The molecule has 0 amide bonds. The molecule has 0 spiro atoms. The second kappa shape index (κ2) is 3.43. The van der Waals surface area contributed by atoms with Gasteiger partial charge in [0.25, 0.3) is 0 Å². The summed E-state index contributed by atoms with van der Waals surface area (Å²) in [6, 6.07) is 0. The zero-order valence-corrected chi connectivity index (χ0v) is 8.23. The van der Waals surface area contributed by atoms with E-state index in [-0.39, 0.29) is 31.0 Å². The molecule has 0 aliphatic carbocycles. The molecule has 0 saturated carbocycles. The average Bonchev–Trinajstić information content (AvgIpc) is 0.722. The van der Waals surface area contributed by atoms with Gasteiger partial charge in [-0.2, -0.15) is 0 Å². The maximum Gasteiger partial charge on any atom is 1.00 e. The molecule has 1 unspecified atom stereocenters. The molecule has 0 aromatic carbocycles. The monoisotopic (exact) mass is 114 g/mol. The van der Waals surface area contributed by atoms with Gasteiger partial charge in [-0.1, -0.05) is 20.8 Å². The summed E-state index contributed by atoms with van der Waals surface area (Å²) in [5.41, 5.74) is 0. The molecule has 0 bridgehead atoms. The van der Waals surface area contributed by atoms with Crippen LogP contribution in [0.4, 0.5) is 0 Å². The topological polar surface area (TPSA) is 0 Å². The third kappa shape index (κ3) is 52.1. The summed E-state index contributed by atoms with van der Waals surface area (Å²) in [5.74, 6) is 0. The molecule has 0 rings (SSSR count). The van der Waals surface area contributed by atoms with Crippen molar-refractivity contribution in [3.63, 3.8) is 0 Å². The Hall–Kier alpha value is 1.43. The molecule has 6 heavy (non-hydrogen) atoms. The molecule has 0 aromatic heterocycles. The molecule has 2 heteroatoms. The molecule has 0 fully saturated rings. The standard InChI is InChI=1S/C4H11P.Na.H/c1-4(2,3)5;;/h5H2,1-3H3;;/q;+1;-1. The zero-order valence-electron chi connectivity index (χ0n) is 6.08. The summed E-state index contributed by atoms with van der Waals surface area (Å²) in [6.07, 6.45) is 0. The summed E-state index contributed by atoms with van der Waals surface area (Å²) in [4.78, 5) is 0. The van der Waals surface area contributed by atoms with Gasteiger partial charge in [-0.15, -0.1) is 9.24 Å². The van der Waals surface area contributed by atoms with Crippen molar-refractivity contribution >= 4 is 9.24 Å². The Labute approximate surface area is 66.1 Å². The van der Waals surface area contributed by atoms with Gasteiger partial charge in [-0.05, 0) is 5.16 Å². The van der Waals surface area contributed by atoms with Crippen molar-refractivity contribution < 1.29 is 31.0 Å². The van der Waals surface area contributed by atoms with E-state index >= 15 is 0 Å². The van der Waals surface area contributed by atoms with Crippen LogP contribution in [-0.4, -0.2) is 5.16 Å². The van der Waals surface area contributed by atoms with Crippen molar-refractivity contribution in [3.05, 3.63) is 0 Å². The zero-order chi connectivity index (χ0) is 4.50. The number of hydrogen-bond donors (Lipinski definition) is 0. The van der Waals surface area contributed by atoms with Crippen molar-refractivity contribution in [2.75, 3.05) is 0 Å². The normalized spacial score (nSPS) is 10.0. The molecule has 0 aliphatic heterocycles. The first-order valence-corrected chi connectivity index (χ1v) is 2.37. The van der Waals surface area contributed by atoms with Crippen LogP contribution in [0.15, 0.2) is 0 Å². The van der Waals surface area contributed by atoms with Crippen LogP contribution < -0.4 is 29.6 Å². The van der Waals surface area contributed by atoms with Gasteiger partial charge in [0.2, 0.25) is 0 Å². The van der Waals surface area contributed by atoms with Crippen LogP contribution >= 0.6 is 9.24 Å². The first-order valence-electron chi connectivity index (χ1n) is 1.79. The minimum absolute atomic E-state index is 0. The van der Waals surface area contributed by atoms with E-state index in [2.05, 4.69) is 30.0 Å². The van der Waals surface area contributed by atoms with Crippen molar-refractivity contribution in [3.8, 4) is 0 Å². The van der Waals surface area contributed by atoms with E-state index in [0.717, 1.165) is 0 Å². The van der Waals surface area contributed by atoms with E-state index in [9.17, 15) is 0 Å². The largest absolute Gasteiger partial charge is 1.00 e. The van der Waals surface area contributed by atoms with Crippen LogP contribution in [0, 0.1) is 0 Å². The van der Waals surface area contributed by atoms with E-state index < -0.39 is 0 Å². The molecule has 0 nitrogen and oxygen atoms in total. The van der Waals surface area contributed by atoms with Crippen molar-refractivity contribution in [1.82, 2.24) is 0 Å². The van der Waals surface area contributed by atoms with Gasteiger partial charge in [0, 0.05) is 0 Å². The fourth-order valence-corrected chi connectivity index (χ4v) is 0. The first kappa shape index (κ1) is 10.4. The minimum Gasteiger partial charge on any atom is -1.00 e. The van der Waals surface area contributed by atoms with Crippen LogP contribution in [0.25, 0.3) is 0 Å². The van der Waals surface area contributed by atoms with Crippen LogP contribution in [-0.2, 0) is 0 Å². The third-order valence-corrected chi connectivity index (χ3v) is 0. The number of rotatable bonds is 0. The van der Waals surface area contributed by atoms with E-state index in [0.29, 0.717) is 5.16 Å². The van der Waals surface area contributed by atoms with Gasteiger partial charge in [0.05, 0.1) is 0 Å². The summed E-state index contributed by atoms with van der Waals surface area (Å²) in [7, 11) is 2.72. The quantitative estimate of drug-likeness (QED) is 0.273. The van der Waals surface area contributed by atoms with E-state index in [1.165, 1.54) is 0 Å². The SMILES string of the molecule is CC(C)(C)P.[H-].[Na+]. The molecule has 0 aliphatic rings. The molecule has 1 atom stereocenters. The Morgan fingerprint density at radius 3 is 1.33 bits per heavy atom. The van der Waals surface area contributed by atoms with Gasteiger partial charge < -0.3 is 1.43 Å². The van der Waals surface area contributed by atoms with E-state index in [4.69, 9.17) is 0 Å². The molecule has 0 heterocycles. The predicted octanol–water partition coefficient (Wildman–Crippen LogP) is -1.22. The van der Waals surface area contributed by atoms with Crippen molar-refractivity contribution in [2.45, 2.75) is 25.9 Å². The van der Waals surface area contributed by atoms with Crippen LogP contribution in [0.2, 0.25) is 0 Å². The Kier molecular flexibility index (Phi) is 5.96. The van der Waals surface area contributed by atoms with Crippen LogP contribution in [0.5, 0.6) is 0 Å². The molecule has 0 aromatic rings. The molecule has 0 radical (unpaired) electrons. The maximum atomic E-state index is 2.72. The maximum absolute atomic E-state index is 2.72. The smallest absolute Gasteiger partial charge is 1.00 e. The van der Waals surface area contributed by atoms with E-state index in [1.54, 1.807) is 0 Å². The minimum atomic E-state index is 0. The fourth-order valence-electron chi connectivity index (χ4n) is 0. The fraction of sp³-hybridized carbons (Fsp3) is 1.00. The number of hydrogen-bond acceptors (Lipinski definition) is 0. The summed E-state index contributed by atoms with van der Waals surface area (Å²) >= 11 is 0. The average molecular weight is 114 g/mol. The summed E-state index contributed by atoms with van der Waals surface area (Å²) < 4.78 is 0. The van der Waals surface area contributed by atoms with Gasteiger partial charge in [-0.3, -0.25) is 0 Å². The van der Waals surface area contributed by atoms with Gasteiger partial charge in [0.15, 0.2) is 0 Å². The van der Waals surface area contributed by atoms with Crippen molar-refractivity contribution in [1.29, 1.82) is 0 Å². The Morgan fingerprint density at radius 2 is 1.33 bits per heavy atom. The third-order valence-electron chi connectivity index (χ3n) is 0. The van der Waals surface area contributed by atoms with E-state index in [1.807, 2.05) is 0 Å². The molecule has 0 N–H and O–H groups in total. The predicted molar refractivity (Wildman–Crippen MR) is 30.6 cm³/mol. The van der Waals surface area contributed by atoms with Crippen molar-refractivity contribution in [2.24, 2.45) is 0 Å². The Bertz CT molecular complexity index is 27.2. The van der Waals surface area contributed by atoms with Gasteiger partial charge in [-0.25, -0.2) is 0 Å². The molecular weight excluding hydrogens is 102 g/mol. The Morgan fingerprint density at radius 1 is 1.33 bits per heavy atom.